The van der Waals surface area contributed by atoms with Crippen molar-refractivity contribution in [2.24, 2.45) is 11.7 Å². The molecule has 0 radical (unpaired) electrons. The van der Waals surface area contributed by atoms with Crippen LogP contribution in [0.25, 0.3) is 0 Å². The van der Waals surface area contributed by atoms with Crippen LogP contribution in [0.4, 0.5) is 0 Å². The maximum Gasteiger partial charge on any atom is 0.337 e. The van der Waals surface area contributed by atoms with Crippen molar-refractivity contribution in [3.05, 3.63) is 71.3 Å². The molecule has 7 heteroatoms. The average molecular weight is 388 g/mol. The lowest BCUT2D eigenvalue weighted by Gasteiger charge is -2.17. The van der Waals surface area contributed by atoms with Crippen LogP contribution in [-0.2, 0) is 20.5 Å². The topological polar surface area (TPSA) is 89.7 Å². The van der Waals surface area contributed by atoms with Crippen molar-refractivity contribution >= 4 is 16.0 Å². The first-order valence-electron chi connectivity index (χ1n) is 8.84. The van der Waals surface area contributed by atoms with Crippen LogP contribution in [-0.4, -0.2) is 45.4 Å². The van der Waals surface area contributed by atoms with Crippen molar-refractivity contribution in [3.8, 4) is 0 Å². The molecule has 3 rings (SSSR count). The number of nitrogens with two attached hydrogens (primary N) is 1. The van der Waals surface area contributed by atoms with Gasteiger partial charge in [0.25, 0.3) is 0 Å². The van der Waals surface area contributed by atoms with E-state index in [2.05, 4.69) is 0 Å². The highest BCUT2D eigenvalue weighted by molar-refractivity contribution is 7.88. The van der Waals surface area contributed by atoms with Crippen molar-refractivity contribution in [2.75, 3.05) is 26.7 Å². The summed E-state index contributed by atoms with van der Waals surface area (Å²) in [5, 5.41) is 0. The second kappa shape index (κ2) is 8.21. The Kier molecular flexibility index (Phi) is 5.94. The number of ether oxygens (including phenoxy) is 1. The molecule has 1 heterocycles. The molecule has 2 atom stereocenters. The molecule has 1 aliphatic rings. The molecule has 0 amide bonds. The van der Waals surface area contributed by atoms with Gasteiger partial charge in [0.2, 0.25) is 10.0 Å². The molecule has 2 aromatic rings. The summed E-state index contributed by atoms with van der Waals surface area (Å²) in [6, 6.07) is 16.4. The van der Waals surface area contributed by atoms with Crippen LogP contribution in [0.1, 0.15) is 27.4 Å². The van der Waals surface area contributed by atoms with Gasteiger partial charge in [-0.3, -0.25) is 0 Å². The van der Waals surface area contributed by atoms with Gasteiger partial charge in [-0.05, 0) is 35.7 Å². The molecule has 27 heavy (non-hydrogen) atoms. The molecule has 0 aliphatic carbocycles. The van der Waals surface area contributed by atoms with E-state index >= 15 is 0 Å². The van der Waals surface area contributed by atoms with E-state index in [4.69, 9.17) is 10.5 Å². The van der Waals surface area contributed by atoms with Gasteiger partial charge in [0.1, 0.15) is 0 Å². The molecule has 1 fully saturated rings. The zero-order valence-corrected chi connectivity index (χ0v) is 16.1. The molecule has 1 aliphatic heterocycles. The third-order valence-corrected chi connectivity index (χ3v) is 6.81. The van der Waals surface area contributed by atoms with E-state index in [1.54, 1.807) is 24.3 Å². The van der Waals surface area contributed by atoms with Gasteiger partial charge in [-0.25, -0.2) is 17.5 Å². The number of benzene rings is 2. The molecule has 0 spiro atoms. The van der Waals surface area contributed by atoms with E-state index in [1.165, 1.54) is 11.4 Å². The van der Waals surface area contributed by atoms with E-state index in [1.807, 2.05) is 30.3 Å². The van der Waals surface area contributed by atoms with Crippen LogP contribution in [0.5, 0.6) is 0 Å². The lowest BCUT2D eigenvalue weighted by Crippen LogP contribution is -2.31. The second-order valence-corrected chi connectivity index (χ2v) is 8.75. The van der Waals surface area contributed by atoms with Gasteiger partial charge >= 0.3 is 5.97 Å². The highest BCUT2D eigenvalue weighted by Gasteiger charge is 2.38. The predicted octanol–water partition coefficient (Wildman–Crippen LogP) is 1.98. The van der Waals surface area contributed by atoms with Crippen LogP contribution < -0.4 is 5.73 Å². The number of esters is 1. The Bertz CT molecular complexity index is 899. The van der Waals surface area contributed by atoms with Crippen molar-refractivity contribution in [2.45, 2.75) is 11.7 Å². The summed E-state index contributed by atoms with van der Waals surface area (Å²) < 4.78 is 32.1. The summed E-state index contributed by atoms with van der Waals surface area (Å²) in [5.41, 5.74) is 7.93. The first-order valence-corrected chi connectivity index (χ1v) is 10.5. The van der Waals surface area contributed by atoms with Crippen LogP contribution in [0, 0.1) is 5.92 Å². The number of sulfonamides is 1. The minimum Gasteiger partial charge on any atom is -0.465 e. The van der Waals surface area contributed by atoms with Gasteiger partial charge in [-0.1, -0.05) is 42.5 Å². The highest BCUT2D eigenvalue weighted by Crippen LogP contribution is 2.34. The summed E-state index contributed by atoms with van der Waals surface area (Å²) in [7, 11) is -2.22. The number of methoxy groups -OCH3 is 1. The smallest absolute Gasteiger partial charge is 0.337 e. The van der Waals surface area contributed by atoms with Gasteiger partial charge in [-0.15, -0.1) is 0 Å². The molecule has 0 unspecified atom stereocenters. The van der Waals surface area contributed by atoms with Crippen LogP contribution in [0.3, 0.4) is 0 Å². The number of hydrogen-bond donors (Lipinski definition) is 1. The SMILES string of the molecule is COC(=O)c1cccc(CS(=O)(=O)N2C[C@@H](CN)[C@H](c3ccccc3)C2)c1. The van der Waals surface area contributed by atoms with E-state index < -0.39 is 16.0 Å². The molecule has 0 bridgehead atoms. The number of carbonyl (C=O) groups excluding carboxylic acids is 1. The lowest BCUT2D eigenvalue weighted by molar-refractivity contribution is 0.0600. The monoisotopic (exact) mass is 388 g/mol. The number of nitrogens with zero attached hydrogens (tertiary/aromatic N) is 1. The van der Waals surface area contributed by atoms with Crippen molar-refractivity contribution < 1.29 is 17.9 Å². The maximum absolute atomic E-state index is 13.0. The van der Waals surface area contributed by atoms with Crippen LogP contribution >= 0.6 is 0 Å². The summed E-state index contributed by atoms with van der Waals surface area (Å²) in [4.78, 5) is 11.7. The standard InChI is InChI=1S/C20H24N2O4S/c1-26-20(23)17-9-5-6-15(10-17)14-27(24,25)22-12-18(11-21)19(13-22)16-7-3-2-4-8-16/h2-10,18-19H,11-14,21H2,1H3/t18-,19+/m1/s1. The Morgan fingerprint density at radius 2 is 1.89 bits per heavy atom. The fraction of sp³-hybridized carbons (Fsp3) is 0.350. The van der Waals surface area contributed by atoms with Crippen molar-refractivity contribution in [1.82, 2.24) is 4.31 Å². The third kappa shape index (κ3) is 4.37. The fourth-order valence-corrected chi connectivity index (χ4v) is 5.17. The first kappa shape index (κ1) is 19.5. The molecule has 0 saturated carbocycles. The number of carbonyl (C=O) groups is 1. The minimum atomic E-state index is -3.52. The Hall–Kier alpha value is -2.22. The minimum absolute atomic E-state index is 0.0866. The van der Waals surface area contributed by atoms with Gasteiger partial charge in [0, 0.05) is 19.0 Å². The van der Waals surface area contributed by atoms with Crippen molar-refractivity contribution in [1.29, 1.82) is 0 Å². The van der Waals surface area contributed by atoms with Crippen molar-refractivity contribution in [3.63, 3.8) is 0 Å². The Labute approximate surface area is 160 Å². The molecule has 2 N–H and O–H groups in total. The van der Waals surface area contributed by atoms with E-state index in [0.717, 1.165) is 5.56 Å². The molecule has 144 valence electrons. The summed E-state index contributed by atoms with van der Waals surface area (Å²) in [5.74, 6) is -0.463. The molecule has 0 aromatic heterocycles. The zero-order chi connectivity index (χ0) is 19.4. The number of hydrogen-bond acceptors (Lipinski definition) is 5. The first-order chi connectivity index (χ1) is 12.9. The fourth-order valence-electron chi connectivity index (χ4n) is 3.58. The average Bonchev–Trinajstić information content (AvgIpc) is 3.13. The van der Waals surface area contributed by atoms with E-state index in [9.17, 15) is 13.2 Å². The van der Waals surface area contributed by atoms with Crippen LogP contribution in [0.2, 0.25) is 0 Å². The normalized spacial score (nSPS) is 20.5. The van der Waals surface area contributed by atoms with Gasteiger partial charge in [0.15, 0.2) is 0 Å². The predicted molar refractivity (Wildman–Crippen MR) is 104 cm³/mol. The molecular weight excluding hydrogens is 364 g/mol. The third-order valence-electron chi connectivity index (χ3n) is 5.03. The molecule has 2 aromatic carbocycles. The Morgan fingerprint density at radius 1 is 1.15 bits per heavy atom. The summed E-state index contributed by atoms with van der Waals surface area (Å²) in [6.45, 7) is 1.27. The van der Waals surface area contributed by atoms with Gasteiger partial charge < -0.3 is 10.5 Å². The molecule has 6 nitrogen and oxygen atoms in total. The molecule has 1 saturated heterocycles. The van der Waals surface area contributed by atoms with Gasteiger partial charge in [0.05, 0.1) is 18.4 Å². The Balaban J connectivity index is 1.78. The largest absolute Gasteiger partial charge is 0.465 e. The van der Waals surface area contributed by atoms with Gasteiger partial charge in [-0.2, -0.15) is 0 Å². The number of rotatable bonds is 6. The Morgan fingerprint density at radius 3 is 2.56 bits per heavy atom. The quantitative estimate of drug-likeness (QED) is 0.764. The molecular formula is C20H24N2O4S. The lowest BCUT2D eigenvalue weighted by atomic mass is 9.89. The maximum atomic E-state index is 13.0. The zero-order valence-electron chi connectivity index (χ0n) is 15.2. The summed E-state index contributed by atoms with van der Waals surface area (Å²) >= 11 is 0. The highest BCUT2D eigenvalue weighted by atomic mass is 32.2. The van der Waals surface area contributed by atoms with E-state index in [0.29, 0.717) is 30.8 Å². The van der Waals surface area contributed by atoms with Crippen LogP contribution in [0.15, 0.2) is 54.6 Å². The second-order valence-electron chi connectivity index (χ2n) is 6.78. The summed E-state index contributed by atoms with van der Waals surface area (Å²) in [6.07, 6.45) is 0. The van der Waals surface area contributed by atoms with E-state index in [-0.39, 0.29) is 17.6 Å².